The van der Waals surface area contributed by atoms with Crippen LogP contribution in [0, 0.1) is 13.8 Å². The zero-order valence-corrected chi connectivity index (χ0v) is 15.2. The van der Waals surface area contributed by atoms with Gasteiger partial charge in [-0.1, -0.05) is 12.1 Å². The maximum Gasteiger partial charge on any atom is 0.319 e. The van der Waals surface area contributed by atoms with Crippen LogP contribution in [-0.4, -0.2) is 31.6 Å². The predicted octanol–water partition coefficient (Wildman–Crippen LogP) is 3.24. The summed E-state index contributed by atoms with van der Waals surface area (Å²) in [5.41, 5.74) is 3.79. The van der Waals surface area contributed by atoms with E-state index in [2.05, 4.69) is 10.6 Å². The van der Waals surface area contributed by atoms with E-state index in [-0.39, 0.29) is 24.4 Å². The first-order valence-corrected chi connectivity index (χ1v) is 8.55. The molecule has 6 heteroatoms. The van der Waals surface area contributed by atoms with Gasteiger partial charge in [0, 0.05) is 30.4 Å². The number of hydrogen-bond acceptors (Lipinski definition) is 3. The molecule has 3 rings (SSSR count). The summed E-state index contributed by atoms with van der Waals surface area (Å²) in [5, 5.41) is 5.70. The molecule has 3 amide bonds. The smallest absolute Gasteiger partial charge is 0.319 e. The van der Waals surface area contributed by atoms with Gasteiger partial charge >= 0.3 is 6.03 Å². The third kappa shape index (κ3) is 3.96. The lowest BCUT2D eigenvalue weighted by Gasteiger charge is -2.18. The third-order valence-electron chi connectivity index (χ3n) is 4.59. The van der Waals surface area contributed by atoms with Crippen LogP contribution in [0.5, 0.6) is 5.75 Å². The van der Waals surface area contributed by atoms with Gasteiger partial charge in [-0.3, -0.25) is 4.79 Å². The van der Waals surface area contributed by atoms with Crippen LogP contribution in [-0.2, 0) is 4.79 Å². The SMILES string of the molecule is COc1cccc(N2CC(NC(=O)Nc3ccc(C)c(C)c3)CC2=O)c1. The van der Waals surface area contributed by atoms with E-state index >= 15 is 0 Å². The van der Waals surface area contributed by atoms with Gasteiger partial charge in [0.15, 0.2) is 0 Å². The first kappa shape index (κ1) is 17.8. The minimum atomic E-state index is -0.307. The van der Waals surface area contributed by atoms with Crippen LogP contribution in [0.2, 0.25) is 0 Å². The summed E-state index contributed by atoms with van der Waals surface area (Å²) in [4.78, 5) is 26.2. The molecule has 1 saturated heterocycles. The second-order valence-corrected chi connectivity index (χ2v) is 6.50. The van der Waals surface area contributed by atoms with Crippen molar-refractivity contribution in [3.8, 4) is 5.75 Å². The molecule has 0 aromatic heterocycles. The van der Waals surface area contributed by atoms with Crippen LogP contribution >= 0.6 is 0 Å². The Balaban J connectivity index is 1.61. The van der Waals surface area contributed by atoms with Crippen LogP contribution in [0.25, 0.3) is 0 Å². The van der Waals surface area contributed by atoms with Crippen LogP contribution in [0.15, 0.2) is 42.5 Å². The van der Waals surface area contributed by atoms with E-state index in [1.807, 2.05) is 56.3 Å². The summed E-state index contributed by atoms with van der Waals surface area (Å²) < 4.78 is 5.21. The highest BCUT2D eigenvalue weighted by Gasteiger charge is 2.31. The molecule has 1 aliphatic heterocycles. The molecular weight excluding hydrogens is 330 g/mol. The lowest BCUT2D eigenvalue weighted by molar-refractivity contribution is -0.117. The van der Waals surface area contributed by atoms with Gasteiger partial charge in [0.1, 0.15) is 5.75 Å². The summed E-state index contributed by atoms with van der Waals surface area (Å²) in [5.74, 6) is 0.675. The van der Waals surface area contributed by atoms with E-state index in [0.717, 1.165) is 16.9 Å². The Morgan fingerprint density at radius 1 is 1.15 bits per heavy atom. The average Bonchev–Trinajstić information content (AvgIpc) is 2.98. The fourth-order valence-corrected chi connectivity index (χ4v) is 3.00. The molecule has 136 valence electrons. The molecule has 1 aliphatic rings. The number of carbonyl (C=O) groups excluding carboxylic acids is 2. The maximum absolute atomic E-state index is 12.3. The Bertz CT molecular complexity index is 835. The summed E-state index contributed by atoms with van der Waals surface area (Å²) in [6.07, 6.45) is 0.275. The number of rotatable bonds is 4. The molecular formula is C20H23N3O3. The second-order valence-electron chi connectivity index (χ2n) is 6.50. The minimum absolute atomic E-state index is 0.0188. The predicted molar refractivity (Wildman–Crippen MR) is 102 cm³/mol. The number of benzene rings is 2. The van der Waals surface area contributed by atoms with Crippen molar-refractivity contribution in [3.63, 3.8) is 0 Å². The van der Waals surface area contributed by atoms with Gasteiger partial charge in [-0.05, 0) is 49.2 Å². The number of nitrogens with one attached hydrogen (secondary N) is 2. The van der Waals surface area contributed by atoms with Crippen molar-refractivity contribution in [2.75, 3.05) is 23.9 Å². The van der Waals surface area contributed by atoms with Gasteiger partial charge < -0.3 is 20.3 Å². The molecule has 26 heavy (non-hydrogen) atoms. The lowest BCUT2D eigenvalue weighted by Crippen LogP contribution is -2.39. The van der Waals surface area contributed by atoms with Crippen molar-refractivity contribution in [2.24, 2.45) is 0 Å². The Kier molecular flexibility index (Phi) is 5.11. The van der Waals surface area contributed by atoms with Crippen molar-refractivity contribution < 1.29 is 14.3 Å². The summed E-state index contributed by atoms with van der Waals surface area (Å²) in [7, 11) is 1.59. The molecule has 2 aromatic carbocycles. The number of amides is 3. The van der Waals surface area contributed by atoms with E-state index in [1.165, 1.54) is 5.56 Å². The van der Waals surface area contributed by atoms with Crippen molar-refractivity contribution in [1.82, 2.24) is 5.32 Å². The molecule has 6 nitrogen and oxygen atoms in total. The van der Waals surface area contributed by atoms with E-state index in [4.69, 9.17) is 4.74 Å². The van der Waals surface area contributed by atoms with E-state index < -0.39 is 0 Å². The van der Waals surface area contributed by atoms with Crippen LogP contribution in [0.4, 0.5) is 16.2 Å². The normalized spacial score (nSPS) is 16.5. The number of aryl methyl sites for hydroxylation is 2. The van der Waals surface area contributed by atoms with E-state index in [0.29, 0.717) is 12.3 Å². The van der Waals surface area contributed by atoms with Crippen LogP contribution in [0.3, 0.4) is 0 Å². The molecule has 1 heterocycles. The molecule has 0 saturated carbocycles. The van der Waals surface area contributed by atoms with Crippen molar-refractivity contribution >= 4 is 23.3 Å². The molecule has 2 N–H and O–H groups in total. The number of hydrogen-bond donors (Lipinski definition) is 2. The highest BCUT2D eigenvalue weighted by Crippen LogP contribution is 2.25. The highest BCUT2D eigenvalue weighted by atomic mass is 16.5. The lowest BCUT2D eigenvalue weighted by atomic mass is 10.1. The number of ether oxygens (including phenoxy) is 1. The van der Waals surface area contributed by atoms with E-state index in [1.54, 1.807) is 12.0 Å². The standard InChI is InChI=1S/C20H23N3O3/c1-13-7-8-15(9-14(13)2)21-20(25)22-16-10-19(24)23(12-16)17-5-4-6-18(11-17)26-3/h4-9,11,16H,10,12H2,1-3H3,(H2,21,22,25). The number of methoxy groups -OCH3 is 1. The summed E-state index contributed by atoms with van der Waals surface area (Å²) in [6.45, 7) is 4.46. The molecule has 2 aromatic rings. The molecule has 0 aliphatic carbocycles. The first-order valence-electron chi connectivity index (χ1n) is 8.55. The third-order valence-corrected chi connectivity index (χ3v) is 4.59. The Hall–Kier alpha value is -3.02. The van der Waals surface area contributed by atoms with Gasteiger partial charge in [0.25, 0.3) is 0 Å². The van der Waals surface area contributed by atoms with Crippen LogP contribution < -0.4 is 20.3 Å². The van der Waals surface area contributed by atoms with Gasteiger partial charge in [0.2, 0.25) is 5.91 Å². The summed E-state index contributed by atoms with van der Waals surface area (Å²) >= 11 is 0. The largest absolute Gasteiger partial charge is 0.497 e. The Morgan fingerprint density at radius 2 is 1.96 bits per heavy atom. The second kappa shape index (κ2) is 7.47. The summed E-state index contributed by atoms with van der Waals surface area (Å²) in [6, 6.07) is 12.6. The zero-order chi connectivity index (χ0) is 18.7. The topological polar surface area (TPSA) is 70.7 Å². The van der Waals surface area contributed by atoms with Gasteiger partial charge in [-0.25, -0.2) is 4.79 Å². The number of urea groups is 1. The van der Waals surface area contributed by atoms with Crippen molar-refractivity contribution in [1.29, 1.82) is 0 Å². The number of nitrogens with zero attached hydrogens (tertiary/aromatic N) is 1. The van der Waals surface area contributed by atoms with Crippen molar-refractivity contribution in [2.45, 2.75) is 26.3 Å². The minimum Gasteiger partial charge on any atom is -0.497 e. The van der Waals surface area contributed by atoms with E-state index in [9.17, 15) is 9.59 Å². The Morgan fingerprint density at radius 3 is 2.69 bits per heavy atom. The fraction of sp³-hybridized carbons (Fsp3) is 0.300. The average molecular weight is 353 g/mol. The molecule has 1 fully saturated rings. The van der Waals surface area contributed by atoms with Crippen molar-refractivity contribution in [3.05, 3.63) is 53.6 Å². The molecule has 1 unspecified atom stereocenters. The first-order chi connectivity index (χ1) is 12.5. The Labute approximate surface area is 153 Å². The molecule has 0 bridgehead atoms. The number of carbonyl (C=O) groups is 2. The van der Waals surface area contributed by atoms with Crippen LogP contribution in [0.1, 0.15) is 17.5 Å². The fourth-order valence-electron chi connectivity index (χ4n) is 3.00. The molecule has 1 atom stereocenters. The number of anilines is 2. The van der Waals surface area contributed by atoms with Gasteiger partial charge in [-0.2, -0.15) is 0 Å². The highest BCUT2D eigenvalue weighted by molar-refractivity contribution is 5.97. The van der Waals surface area contributed by atoms with Gasteiger partial charge in [0.05, 0.1) is 13.2 Å². The zero-order valence-electron chi connectivity index (χ0n) is 15.2. The van der Waals surface area contributed by atoms with Gasteiger partial charge in [-0.15, -0.1) is 0 Å². The molecule has 0 radical (unpaired) electrons. The maximum atomic E-state index is 12.3. The monoisotopic (exact) mass is 353 g/mol. The molecule has 0 spiro atoms. The quantitative estimate of drug-likeness (QED) is 0.886.